The lowest BCUT2D eigenvalue weighted by Crippen LogP contribution is -2.34. The molecule has 1 aromatic rings. The maximum Gasteiger partial charge on any atom is 0.449 e. The molecule has 1 N–H and O–H groups in total. The van der Waals surface area contributed by atoms with E-state index in [0.29, 0.717) is 32.6 Å². The number of carbonyl (C=O) groups is 1. The van der Waals surface area contributed by atoms with Crippen LogP contribution in [0, 0.1) is 5.92 Å². The van der Waals surface area contributed by atoms with Gasteiger partial charge in [0.05, 0.1) is 0 Å². The minimum absolute atomic E-state index is 0.151. The molecule has 0 amide bonds. The molecule has 138 valence electrons. The Morgan fingerprint density at radius 2 is 1.76 bits per heavy atom. The van der Waals surface area contributed by atoms with Crippen LogP contribution in [0.15, 0.2) is 18.2 Å². The van der Waals surface area contributed by atoms with E-state index in [1.165, 1.54) is 0 Å². The van der Waals surface area contributed by atoms with E-state index < -0.39 is 12.0 Å². The van der Waals surface area contributed by atoms with Crippen molar-refractivity contribution in [3.8, 4) is 11.5 Å². The third kappa shape index (κ3) is 4.87. The minimum Gasteiger partial charge on any atom is -0.486 e. The SMILES string of the molecule is O=C(CC1CCC(NCc2ccc3c(c2)OCCO3)CC1)C(F)(F)F. The lowest BCUT2D eigenvalue weighted by molar-refractivity contribution is -0.172. The predicted octanol–water partition coefficient (Wildman–Crippen LogP) is 3.63. The Morgan fingerprint density at radius 1 is 1.08 bits per heavy atom. The average molecular weight is 357 g/mol. The molecule has 0 bridgehead atoms. The number of rotatable bonds is 5. The van der Waals surface area contributed by atoms with Crippen LogP contribution in [0.25, 0.3) is 0 Å². The van der Waals surface area contributed by atoms with Gasteiger partial charge < -0.3 is 14.8 Å². The largest absolute Gasteiger partial charge is 0.486 e. The van der Waals surface area contributed by atoms with Crippen molar-refractivity contribution >= 4 is 5.78 Å². The van der Waals surface area contributed by atoms with Crippen molar-refractivity contribution in [3.63, 3.8) is 0 Å². The lowest BCUT2D eigenvalue weighted by Gasteiger charge is -2.29. The molecule has 1 saturated carbocycles. The van der Waals surface area contributed by atoms with Crippen molar-refractivity contribution in [2.45, 2.75) is 50.9 Å². The highest BCUT2D eigenvalue weighted by atomic mass is 19.4. The van der Waals surface area contributed by atoms with Crippen LogP contribution in [0.5, 0.6) is 11.5 Å². The summed E-state index contributed by atoms with van der Waals surface area (Å²) in [5.41, 5.74) is 1.08. The maximum absolute atomic E-state index is 12.3. The lowest BCUT2D eigenvalue weighted by atomic mass is 9.83. The first-order valence-corrected chi connectivity index (χ1v) is 8.64. The summed E-state index contributed by atoms with van der Waals surface area (Å²) in [5, 5.41) is 3.45. The normalized spacial score (nSPS) is 23.3. The number of hydrogen-bond acceptors (Lipinski definition) is 4. The quantitative estimate of drug-likeness (QED) is 0.874. The van der Waals surface area contributed by atoms with Crippen LogP contribution in [0.4, 0.5) is 13.2 Å². The number of nitrogens with one attached hydrogen (secondary N) is 1. The molecule has 7 heteroatoms. The van der Waals surface area contributed by atoms with Crippen LogP contribution in [-0.2, 0) is 11.3 Å². The molecule has 25 heavy (non-hydrogen) atoms. The van der Waals surface area contributed by atoms with E-state index in [4.69, 9.17) is 9.47 Å². The summed E-state index contributed by atoms with van der Waals surface area (Å²) < 4.78 is 48.0. The fourth-order valence-electron chi connectivity index (χ4n) is 3.41. The van der Waals surface area contributed by atoms with Gasteiger partial charge in [0.1, 0.15) is 13.2 Å². The van der Waals surface area contributed by atoms with E-state index in [-0.39, 0.29) is 18.4 Å². The highest BCUT2D eigenvalue weighted by Gasteiger charge is 2.39. The fraction of sp³-hybridized carbons (Fsp3) is 0.611. The number of fused-ring (bicyclic) bond motifs is 1. The van der Waals surface area contributed by atoms with Crippen LogP contribution in [0.3, 0.4) is 0 Å². The number of ketones is 1. The summed E-state index contributed by atoms with van der Waals surface area (Å²) in [6.45, 7) is 1.78. The third-order valence-corrected chi connectivity index (χ3v) is 4.84. The summed E-state index contributed by atoms with van der Waals surface area (Å²) in [7, 11) is 0. The Bertz CT molecular complexity index is 610. The first kappa shape index (κ1) is 18.0. The van der Waals surface area contributed by atoms with Gasteiger partial charge in [-0.2, -0.15) is 13.2 Å². The smallest absolute Gasteiger partial charge is 0.449 e. The molecule has 1 heterocycles. The van der Waals surface area contributed by atoms with Crippen LogP contribution in [0.2, 0.25) is 0 Å². The molecular formula is C18H22F3NO3. The van der Waals surface area contributed by atoms with E-state index in [9.17, 15) is 18.0 Å². The zero-order valence-electron chi connectivity index (χ0n) is 13.9. The number of hydrogen-bond donors (Lipinski definition) is 1. The Hall–Kier alpha value is -1.76. The summed E-state index contributed by atoms with van der Waals surface area (Å²) in [5.74, 6) is -0.244. The molecule has 0 atom stereocenters. The van der Waals surface area contributed by atoms with Gasteiger partial charge in [-0.25, -0.2) is 0 Å². The first-order chi connectivity index (χ1) is 11.9. The average Bonchev–Trinajstić information content (AvgIpc) is 2.60. The van der Waals surface area contributed by atoms with Crippen molar-refractivity contribution < 1.29 is 27.4 Å². The second-order valence-corrected chi connectivity index (χ2v) is 6.70. The summed E-state index contributed by atoms with van der Waals surface area (Å²) in [4.78, 5) is 11.1. The third-order valence-electron chi connectivity index (χ3n) is 4.84. The van der Waals surface area contributed by atoms with Crippen molar-refractivity contribution in [2.75, 3.05) is 13.2 Å². The van der Waals surface area contributed by atoms with Gasteiger partial charge in [0.15, 0.2) is 11.5 Å². The minimum atomic E-state index is -4.70. The summed E-state index contributed by atoms with van der Waals surface area (Å²) in [6.07, 6.45) is -2.19. The first-order valence-electron chi connectivity index (χ1n) is 8.64. The van der Waals surface area contributed by atoms with Gasteiger partial charge >= 0.3 is 6.18 Å². The molecule has 1 fully saturated rings. The van der Waals surface area contributed by atoms with Gasteiger partial charge in [0.25, 0.3) is 0 Å². The standard InChI is InChI=1S/C18H22F3NO3/c19-18(20,21)17(23)10-12-1-4-14(5-2-12)22-11-13-3-6-15-16(9-13)25-8-7-24-15/h3,6,9,12,14,22H,1-2,4-5,7-8,10-11H2. The van der Waals surface area contributed by atoms with Crippen LogP contribution in [0.1, 0.15) is 37.7 Å². The highest BCUT2D eigenvalue weighted by molar-refractivity contribution is 5.84. The molecular weight excluding hydrogens is 335 g/mol. The van der Waals surface area contributed by atoms with Gasteiger partial charge in [0.2, 0.25) is 5.78 Å². The van der Waals surface area contributed by atoms with Gasteiger partial charge in [-0.05, 0) is 49.3 Å². The number of alkyl halides is 3. The van der Waals surface area contributed by atoms with E-state index >= 15 is 0 Å². The molecule has 0 spiro atoms. The Labute approximate surface area is 144 Å². The second-order valence-electron chi connectivity index (χ2n) is 6.70. The molecule has 0 saturated heterocycles. The zero-order chi connectivity index (χ0) is 17.9. The molecule has 0 unspecified atom stereocenters. The van der Waals surface area contributed by atoms with Gasteiger partial charge in [-0.15, -0.1) is 0 Å². The highest BCUT2D eigenvalue weighted by Crippen LogP contribution is 2.32. The number of carbonyl (C=O) groups excluding carboxylic acids is 1. The fourth-order valence-corrected chi connectivity index (χ4v) is 3.41. The molecule has 1 aliphatic heterocycles. The van der Waals surface area contributed by atoms with Crippen molar-refractivity contribution in [2.24, 2.45) is 5.92 Å². The van der Waals surface area contributed by atoms with Crippen LogP contribution in [-0.4, -0.2) is 31.2 Å². The predicted molar refractivity (Wildman–Crippen MR) is 85.7 cm³/mol. The van der Waals surface area contributed by atoms with E-state index in [1.807, 2.05) is 18.2 Å². The zero-order valence-corrected chi connectivity index (χ0v) is 13.9. The topological polar surface area (TPSA) is 47.6 Å². The number of Topliss-reactive ketones (excluding diaryl/α,β-unsaturated/α-hetero) is 1. The molecule has 4 nitrogen and oxygen atoms in total. The van der Waals surface area contributed by atoms with E-state index in [2.05, 4.69) is 5.32 Å². The molecule has 0 aromatic heterocycles. The van der Waals surface area contributed by atoms with E-state index in [0.717, 1.165) is 29.9 Å². The Balaban J connectivity index is 1.43. The summed E-state index contributed by atoms with van der Waals surface area (Å²) in [6, 6.07) is 6.10. The molecule has 3 rings (SSSR count). The molecule has 0 radical (unpaired) electrons. The molecule has 1 aliphatic carbocycles. The number of benzene rings is 1. The molecule has 2 aliphatic rings. The van der Waals surface area contributed by atoms with Crippen LogP contribution < -0.4 is 14.8 Å². The van der Waals surface area contributed by atoms with Crippen LogP contribution >= 0.6 is 0 Å². The van der Waals surface area contributed by atoms with Gasteiger partial charge in [-0.1, -0.05) is 6.07 Å². The number of halogens is 3. The number of ether oxygens (including phenoxy) is 2. The monoisotopic (exact) mass is 357 g/mol. The van der Waals surface area contributed by atoms with E-state index in [1.54, 1.807) is 0 Å². The second kappa shape index (κ2) is 7.64. The maximum atomic E-state index is 12.3. The van der Waals surface area contributed by atoms with Gasteiger partial charge in [-0.3, -0.25) is 4.79 Å². The van der Waals surface area contributed by atoms with Crippen molar-refractivity contribution in [1.29, 1.82) is 0 Å². The van der Waals surface area contributed by atoms with Gasteiger partial charge in [0, 0.05) is 19.0 Å². The Morgan fingerprint density at radius 3 is 2.44 bits per heavy atom. The van der Waals surface area contributed by atoms with Crippen molar-refractivity contribution in [3.05, 3.63) is 23.8 Å². The summed E-state index contributed by atoms with van der Waals surface area (Å²) >= 11 is 0. The van der Waals surface area contributed by atoms with Crippen molar-refractivity contribution in [1.82, 2.24) is 5.32 Å². The molecule has 1 aromatic carbocycles. The Kier molecular flexibility index (Phi) is 5.51.